The first kappa shape index (κ1) is 23.1. The van der Waals surface area contributed by atoms with E-state index < -0.39 is 48.9 Å². The molecule has 0 aromatic heterocycles. The minimum Gasteiger partial charge on any atom is -0.317 e. The lowest BCUT2D eigenvalue weighted by Crippen LogP contribution is -2.68. The van der Waals surface area contributed by atoms with Gasteiger partial charge in [-0.05, 0) is 19.5 Å². The summed E-state index contributed by atoms with van der Waals surface area (Å²) in [6.45, 7) is 1.29. The largest absolute Gasteiger partial charge is 0.384 e. The summed E-state index contributed by atoms with van der Waals surface area (Å²) < 4.78 is 153. The highest BCUT2D eigenvalue weighted by atomic mass is 19.4. The Kier molecular flexibility index (Phi) is 6.90. The molecular weight excluding hydrogens is 374 g/mol. The topological polar surface area (TPSA) is 12.0 Å². The molecule has 0 heterocycles. The second-order valence-electron chi connectivity index (χ2n) is 4.81. The zero-order valence-electron chi connectivity index (χ0n) is 11.9. The molecule has 0 bridgehead atoms. The van der Waals surface area contributed by atoms with E-state index in [0.717, 1.165) is 0 Å². The Morgan fingerprint density at radius 3 is 1.58 bits per heavy atom. The molecule has 1 N–H and O–H groups in total. The van der Waals surface area contributed by atoms with E-state index in [9.17, 15) is 52.7 Å². The Bertz CT molecular complexity index is 406. The number of hydrogen-bond acceptors (Lipinski definition) is 1. The molecule has 13 heteroatoms. The van der Waals surface area contributed by atoms with E-state index in [1.165, 1.54) is 6.92 Å². The van der Waals surface area contributed by atoms with Crippen LogP contribution in [0.1, 0.15) is 19.8 Å². The maximum atomic E-state index is 13.2. The summed E-state index contributed by atoms with van der Waals surface area (Å²) in [7, 11) is 0. The zero-order valence-corrected chi connectivity index (χ0v) is 11.9. The summed E-state index contributed by atoms with van der Waals surface area (Å²) in [4.78, 5) is 0. The van der Waals surface area contributed by atoms with Gasteiger partial charge in [-0.1, -0.05) is 6.92 Å². The number of rotatable bonds is 10. The van der Waals surface area contributed by atoms with Gasteiger partial charge in [-0.3, -0.25) is 0 Å². The smallest absolute Gasteiger partial charge is 0.317 e. The van der Waals surface area contributed by atoms with Crippen LogP contribution in [0.2, 0.25) is 0 Å². The third-order valence-corrected chi connectivity index (χ3v) is 3.04. The van der Waals surface area contributed by atoms with E-state index in [-0.39, 0.29) is 13.1 Å². The van der Waals surface area contributed by atoms with E-state index >= 15 is 0 Å². The third-order valence-electron chi connectivity index (χ3n) is 3.04. The van der Waals surface area contributed by atoms with E-state index in [4.69, 9.17) is 0 Å². The predicted octanol–water partition coefficient (Wildman–Crippen LogP) is 4.82. The van der Waals surface area contributed by atoms with Crippen molar-refractivity contribution in [1.82, 2.24) is 5.32 Å². The van der Waals surface area contributed by atoms with Crippen molar-refractivity contribution >= 4 is 0 Å². The van der Waals surface area contributed by atoms with Crippen LogP contribution >= 0.6 is 0 Å². The quantitative estimate of drug-likeness (QED) is 0.419. The fourth-order valence-corrected chi connectivity index (χ4v) is 1.54. The van der Waals surface area contributed by atoms with Gasteiger partial charge in [0.2, 0.25) is 0 Å². The van der Waals surface area contributed by atoms with Gasteiger partial charge in [0, 0.05) is 6.42 Å². The Hall–Kier alpha value is -0.880. The van der Waals surface area contributed by atoms with Crippen LogP contribution < -0.4 is 5.32 Å². The minimum absolute atomic E-state index is 0.191. The summed E-state index contributed by atoms with van der Waals surface area (Å²) >= 11 is 0. The highest BCUT2D eigenvalue weighted by Crippen LogP contribution is 2.58. The van der Waals surface area contributed by atoms with Crippen molar-refractivity contribution in [2.45, 2.75) is 55.8 Å². The van der Waals surface area contributed by atoms with Crippen LogP contribution in [-0.2, 0) is 0 Å². The summed E-state index contributed by atoms with van der Waals surface area (Å²) in [5, 5.41) is 2.35. The molecule has 0 spiro atoms. The van der Waals surface area contributed by atoms with Gasteiger partial charge >= 0.3 is 36.0 Å². The standard InChI is InChI=1S/C11H13F12N/c1-2-24-5-3-4-7(14,15)9(18,19)11(22,23)10(20,21)8(16,17)6(12)13/h6,24H,2-5H2,1H3. The Morgan fingerprint density at radius 1 is 0.750 bits per heavy atom. The average molecular weight is 387 g/mol. The number of halogens is 12. The fourth-order valence-electron chi connectivity index (χ4n) is 1.54. The van der Waals surface area contributed by atoms with Crippen molar-refractivity contribution in [1.29, 1.82) is 0 Å². The van der Waals surface area contributed by atoms with Crippen LogP contribution in [0.3, 0.4) is 0 Å². The van der Waals surface area contributed by atoms with Crippen molar-refractivity contribution in [3.8, 4) is 0 Å². The molecule has 0 aromatic rings. The van der Waals surface area contributed by atoms with Crippen LogP contribution in [0.25, 0.3) is 0 Å². The average Bonchev–Trinajstić information content (AvgIpc) is 2.42. The maximum absolute atomic E-state index is 13.2. The Balaban J connectivity index is 5.64. The Labute approximate surface area is 128 Å². The van der Waals surface area contributed by atoms with Crippen molar-refractivity contribution in [2.75, 3.05) is 13.1 Å². The van der Waals surface area contributed by atoms with Gasteiger partial charge in [-0.15, -0.1) is 0 Å². The molecule has 146 valence electrons. The molecule has 0 radical (unpaired) electrons. The van der Waals surface area contributed by atoms with Gasteiger partial charge in [0.05, 0.1) is 0 Å². The molecule has 0 fully saturated rings. The van der Waals surface area contributed by atoms with Crippen LogP contribution in [-0.4, -0.2) is 49.1 Å². The molecule has 0 aliphatic carbocycles. The van der Waals surface area contributed by atoms with Gasteiger partial charge in [0.1, 0.15) is 0 Å². The molecule has 0 aliphatic heterocycles. The van der Waals surface area contributed by atoms with Crippen molar-refractivity contribution in [2.24, 2.45) is 0 Å². The summed E-state index contributed by atoms with van der Waals surface area (Å²) in [6.07, 6.45) is -8.42. The van der Waals surface area contributed by atoms with Gasteiger partial charge in [-0.25, -0.2) is 8.78 Å². The SMILES string of the molecule is CCNCCCC(F)(F)C(F)(F)C(F)(F)C(F)(F)C(F)(F)C(F)F. The lowest BCUT2D eigenvalue weighted by Gasteiger charge is -2.39. The molecule has 0 saturated carbocycles. The maximum Gasteiger partial charge on any atom is 0.384 e. The monoisotopic (exact) mass is 387 g/mol. The van der Waals surface area contributed by atoms with E-state index in [1.807, 2.05) is 0 Å². The lowest BCUT2D eigenvalue weighted by molar-refractivity contribution is -0.413. The van der Waals surface area contributed by atoms with Crippen LogP contribution in [0, 0.1) is 0 Å². The lowest BCUT2D eigenvalue weighted by atomic mass is 9.92. The summed E-state index contributed by atoms with van der Waals surface area (Å²) in [5.41, 5.74) is 0. The van der Waals surface area contributed by atoms with Crippen LogP contribution in [0.15, 0.2) is 0 Å². The van der Waals surface area contributed by atoms with Crippen molar-refractivity contribution in [3.63, 3.8) is 0 Å². The molecule has 1 nitrogen and oxygen atoms in total. The van der Waals surface area contributed by atoms with Gasteiger partial charge in [0.15, 0.2) is 0 Å². The fraction of sp³-hybridized carbons (Fsp3) is 1.00. The Morgan fingerprint density at radius 2 is 1.21 bits per heavy atom. The molecule has 24 heavy (non-hydrogen) atoms. The molecule has 0 amide bonds. The molecule has 0 saturated heterocycles. The van der Waals surface area contributed by atoms with E-state index in [1.54, 1.807) is 0 Å². The molecule has 0 aromatic carbocycles. The molecule has 0 atom stereocenters. The van der Waals surface area contributed by atoms with Crippen molar-refractivity contribution < 1.29 is 52.7 Å². The molecule has 0 aliphatic rings. The zero-order chi connectivity index (χ0) is 19.6. The predicted molar refractivity (Wildman–Crippen MR) is 58.5 cm³/mol. The first-order valence-corrected chi connectivity index (χ1v) is 6.38. The van der Waals surface area contributed by atoms with Crippen molar-refractivity contribution in [3.05, 3.63) is 0 Å². The van der Waals surface area contributed by atoms with Crippen LogP contribution in [0.5, 0.6) is 0 Å². The molecule has 0 rings (SSSR count). The third kappa shape index (κ3) is 3.69. The number of hydrogen-bond donors (Lipinski definition) is 1. The van der Waals surface area contributed by atoms with Crippen LogP contribution in [0.4, 0.5) is 52.7 Å². The van der Waals surface area contributed by atoms with E-state index in [0.29, 0.717) is 0 Å². The highest BCUT2D eigenvalue weighted by molar-refractivity contribution is 5.08. The first-order valence-electron chi connectivity index (χ1n) is 6.38. The number of alkyl halides is 12. The summed E-state index contributed by atoms with van der Waals surface area (Å²) in [5.74, 6) is -34.6. The summed E-state index contributed by atoms with van der Waals surface area (Å²) in [6, 6.07) is 0. The number of nitrogens with one attached hydrogen (secondary N) is 1. The minimum atomic E-state index is -7.43. The second kappa shape index (κ2) is 7.16. The molecule has 0 unspecified atom stereocenters. The normalized spacial score (nSPS) is 15.2. The molecular formula is C11H13F12N. The van der Waals surface area contributed by atoms with E-state index in [2.05, 4.69) is 5.32 Å². The highest BCUT2D eigenvalue weighted by Gasteiger charge is 2.87. The van der Waals surface area contributed by atoms with Gasteiger partial charge in [-0.2, -0.15) is 43.9 Å². The second-order valence-corrected chi connectivity index (χ2v) is 4.81. The first-order chi connectivity index (χ1) is 10.5. The van der Waals surface area contributed by atoms with Gasteiger partial charge in [0.25, 0.3) is 0 Å². The van der Waals surface area contributed by atoms with Gasteiger partial charge < -0.3 is 5.32 Å².